The summed E-state index contributed by atoms with van der Waals surface area (Å²) in [5.74, 6) is 0.569. The van der Waals surface area contributed by atoms with Crippen LogP contribution in [0.15, 0.2) is 30.3 Å². The van der Waals surface area contributed by atoms with Crippen LogP contribution in [-0.2, 0) is 0 Å². The van der Waals surface area contributed by atoms with Gasteiger partial charge in [-0.15, -0.1) is 0 Å². The molecule has 2 rings (SSSR count). The fraction of sp³-hybridized carbons (Fsp3) is 0.308. The Bertz CT molecular complexity index is 567. The molecule has 0 saturated heterocycles. The fourth-order valence-corrected chi connectivity index (χ4v) is 1.75. The zero-order valence-electron chi connectivity index (χ0n) is 10.2. The Hall–Kier alpha value is -1.98. The lowest BCUT2D eigenvalue weighted by molar-refractivity contribution is -0.134. The molecule has 0 atom stereocenters. The number of rotatable bonds is 4. The smallest absolute Gasteiger partial charge is 0.389 e. The van der Waals surface area contributed by atoms with E-state index in [1.165, 1.54) is 0 Å². The highest BCUT2D eigenvalue weighted by Crippen LogP contribution is 2.21. The van der Waals surface area contributed by atoms with E-state index in [1.807, 2.05) is 6.07 Å². The van der Waals surface area contributed by atoms with Crippen LogP contribution in [0.25, 0.3) is 10.9 Å². The number of nitrogen functional groups attached to an aromatic ring is 1. The largest absolute Gasteiger partial charge is 0.399 e. The van der Waals surface area contributed by atoms with Crippen LogP contribution in [0, 0.1) is 0 Å². The SMILES string of the molecule is Nc1ccc2nc(NCCCC(F)(F)F)ccc2c1. The first kappa shape index (κ1) is 13.5. The maximum atomic E-state index is 12.0. The highest BCUT2D eigenvalue weighted by Gasteiger charge is 2.25. The molecule has 6 heteroatoms. The minimum atomic E-state index is -4.10. The molecule has 0 bridgehead atoms. The van der Waals surface area contributed by atoms with Crippen LogP contribution in [0.2, 0.25) is 0 Å². The zero-order chi connectivity index (χ0) is 13.9. The van der Waals surface area contributed by atoms with Gasteiger partial charge in [0.2, 0.25) is 0 Å². The lowest BCUT2D eigenvalue weighted by Crippen LogP contribution is -2.11. The molecule has 19 heavy (non-hydrogen) atoms. The van der Waals surface area contributed by atoms with Crippen molar-refractivity contribution in [3.63, 3.8) is 0 Å². The highest BCUT2D eigenvalue weighted by atomic mass is 19.4. The van der Waals surface area contributed by atoms with Crippen molar-refractivity contribution in [3.05, 3.63) is 30.3 Å². The molecular formula is C13H14F3N3. The van der Waals surface area contributed by atoms with Crippen molar-refractivity contribution in [1.29, 1.82) is 0 Å². The summed E-state index contributed by atoms with van der Waals surface area (Å²) in [6, 6.07) is 8.89. The number of benzene rings is 1. The Morgan fingerprint density at radius 3 is 2.68 bits per heavy atom. The molecule has 0 unspecified atom stereocenters. The number of hydrogen-bond acceptors (Lipinski definition) is 3. The molecule has 102 valence electrons. The van der Waals surface area contributed by atoms with Crippen LogP contribution >= 0.6 is 0 Å². The number of fused-ring (bicyclic) bond motifs is 1. The molecule has 3 nitrogen and oxygen atoms in total. The van der Waals surface area contributed by atoms with Crippen LogP contribution in [0.1, 0.15) is 12.8 Å². The summed E-state index contributed by atoms with van der Waals surface area (Å²) < 4.78 is 35.9. The van der Waals surface area contributed by atoms with E-state index in [0.29, 0.717) is 11.5 Å². The second-order valence-corrected chi connectivity index (χ2v) is 4.29. The van der Waals surface area contributed by atoms with E-state index >= 15 is 0 Å². The molecule has 0 radical (unpaired) electrons. The van der Waals surface area contributed by atoms with Crippen molar-refractivity contribution in [1.82, 2.24) is 4.98 Å². The summed E-state index contributed by atoms with van der Waals surface area (Å²) >= 11 is 0. The van der Waals surface area contributed by atoms with Gasteiger partial charge >= 0.3 is 6.18 Å². The van der Waals surface area contributed by atoms with Gasteiger partial charge < -0.3 is 11.1 Å². The molecule has 1 heterocycles. The number of alkyl halides is 3. The number of aromatic nitrogens is 1. The molecule has 2 aromatic rings. The minimum Gasteiger partial charge on any atom is -0.399 e. The van der Waals surface area contributed by atoms with Crippen molar-refractivity contribution in [2.45, 2.75) is 19.0 Å². The van der Waals surface area contributed by atoms with Crippen molar-refractivity contribution in [3.8, 4) is 0 Å². The number of nitrogens with one attached hydrogen (secondary N) is 1. The molecule has 0 aliphatic rings. The van der Waals surface area contributed by atoms with Gasteiger partial charge in [0.25, 0.3) is 0 Å². The Labute approximate surface area is 108 Å². The van der Waals surface area contributed by atoms with E-state index < -0.39 is 12.6 Å². The highest BCUT2D eigenvalue weighted by molar-refractivity contribution is 5.83. The van der Waals surface area contributed by atoms with Gasteiger partial charge in [0.1, 0.15) is 5.82 Å². The van der Waals surface area contributed by atoms with E-state index in [0.717, 1.165) is 10.9 Å². The number of hydrogen-bond donors (Lipinski definition) is 2. The summed E-state index contributed by atoms with van der Waals surface area (Å²) in [7, 11) is 0. The van der Waals surface area contributed by atoms with E-state index in [1.54, 1.807) is 24.3 Å². The minimum absolute atomic E-state index is 0.0327. The van der Waals surface area contributed by atoms with Crippen molar-refractivity contribution in [2.24, 2.45) is 0 Å². The average molecular weight is 269 g/mol. The second-order valence-electron chi connectivity index (χ2n) is 4.29. The molecule has 0 amide bonds. The maximum Gasteiger partial charge on any atom is 0.389 e. The van der Waals surface area contributed by atoms with Crippen LogP contribution in [0.3, 0.4) is 0 Å². The van der Waals surface area contributed by atoms with E-state index in [9.17, 15) is 13.2 Å². The molecule has 1 aromatic heterocycles. The Kier molecular flexibility index (Phi) is 3.78. The molecule has 0 aliphatic heterocycles. The molecule has 1 aromatic carbocycles. The lowest BCUT2D eigenvalue weighted by Gasteiger charge is -2.08. The zero-order valence-corrected chi connectivity index (χ0v) is 10.2. The third-order valence-electron chi connectivity index (χ3n) is 2.66. The van der Waals surface area contributed by atoms with Gasteiger partial charge in [0.05, 0.1) is 5.52 Å². The van der Waals surface area contributed by atoms with Crippen LogP contribution in [-0.4, -0.2) is 17.7 Å². The first-order valence-electron chi connectivity index (χ1n) is 5.91. The van der Waals surface area contributed by atoms with E-state index in [2.05, 4.69) is 10.3 Å². The topological polar surface area (TPSA) is 50.9 Å². The van der Waals surface area contributed by atoms with Crippen LogP contribution in [0.4, 0.5) is 24.7 Å². The normalized spacial score (nSPS) is 11.7. The van der Waals surface area contributed by atoms with Crippen molar-refractivity contribution >= 4 is 22.4 Å². The molecule has 0 aliphatic carbocycles. The number of anilines is 2. The summed E-state index contributed by atoms with van der Waals surface area (Å²) in [6.07, 6.45) is -4.86. The summed E-state index contributed by atoms with van der Waals surface area (Å²) in [6.45, 7) is 0.243. The first-order chi connectivity index (χ1) is 8.94. The third kappa shape index (κ3) is 4.01. The second kappa shape index (κ2) is 5.34. The summed E-state index contributed by atoms with van der Waals surface area (Å²) in [4.78, 5) is 4.30. The van der Waals surface area contributed by atoms with E-state index in [-0.39, 0.29) is 13.0 Å². The maximum absolute atomic E-state index is 12.0. The first-order valence-corrected chi connectivity index (χ1v) is 5.91. The molecule has 3 N–H and O–H groups in total. The van der Waals surface area contributed by atoms with Gasteiger partial charge in [-0.05, 0) is 36.8 Å². The predicted molar refractivity (Wildman–Crippen MR) is 69.9 cm³/mol. The van der Waals surface area contributed by atoms with Crippen molar-refractivity contribution < 1.29 is 13.2 Å². The molecule has 0 saturated carbocycles. The molecule has 0 spiro atoms. The quantitative estimate of drug-likeness (QED) is 0.659. The third-order valence-corrected chi connectivity index (χ3v) is 2.66. The van der Waals surface area contributed by atoms with Crippen molar-refractivity contribution in [2.75, 3.05) is 17.6 Å². The van der Waals surface area contributed by atoms with Gasteiger partial charge in [-0.2, -0.15) is 13.2 Å². The standard InChI is InChI=1S/C13H14F3N3/c14-13(15,16)6-1-7-18-12-5-2-9-8-10(17)3-4-11(9)19-12/h2-5,8H,1,6-7,17H2,(H,18,19). The average Bonchev–Trinajstić information content (AvgIpc) is 2.33. The Morgan fingerprint density at radius 2 is 1.95 bits per heavy atom. The van der Waals surface area contributed by atoms with Gasteiger partial charge in [-0.3, -0.25) is 0 Å². The number of nitrogens with zero attached hydrogens (tertiary/aromatic N) is 1. The predicted octanol–water partition coefficient (Wildman–Crippen LogP) is 3.57. The van der Waals surface area contributed by atoms with Gasteiger partial charge in [-0.25, -0.2) is 4.98 Å². The number of nitrogens with two attached hydrogens (primary N) is 1. The Balaban J connectivity index is 1.96. The van der Waals surface area contributed by atoms with Gasteiger partial charge in [0.15, 0.2) is 0 Å². The summed E-state index contributed by atoms with van der Waals surface area (Å²) in [5, 5.41) is 3.79. The Morgan fingerprint density at radius 1 is 1.16 bits per heavy atom. The summed E-state index contributed by atoms with van der Waals surface area (Å²) in [5.41, 5.74) is 7.06. The van der Waals surface area contributed by atoms with Crippen LogP contribution in [0.5, 0.6) is 0 Å². The monoisotopic (exact) mass is 269 g/mol. The molecule has 0 fully saturated rings. The van der Waals surface area contributed by atoms with Gasteiger partial charge in [0, 0.05) is 24.0 Å². The molecular weight excluding hydrogens is 255 g/mol. The van der Waals surface area contributed by atoms with Gasteiger partial charge in [-0.1, -0.05) is 0 Å². The lowest BCUT2D eigenvalue weighted by atomic mass is 10.2. The number of halogens is 3. The van der Waals surface area contributed by atoms with E-state index in [4.69, 9.17) is 5.73 Å². The number of pyridine rings is 1. The fourth-order valence-electron chi connectivity index (χ4n) is 1.75. The van der Waals surface area contributed by atoms with Crippen LogP contribution < -0.4 is 11.1 Å².